The monoisotopic (exact) mass is 328 g/mol. The lowest BCUT2D eigenvalue weighted by atomic mass is 9.97. The molecule has 128 valence electrons. The molecule has 22 heavy (non-hydrogen) atoms. The molecule has 0 aromatic rings. The summed E-state index contributed by atoms with van der Waals surface area (Å²) in [5.41, 5.74) is -0.989. The van der Waals surface area contributed by atoms with Crippen molar-refractivity contribution in [2.24, 2.45) is 5.41 Å². The lowest BCUT2D eigenvalue weighted by Crippen LogP contribution is -2.26. The third-order valence-electron chi connectivity index (χ3n) is 2.43. The van der Waals surface area contributed by atoms with Gasteiger partial charge in [-0.05, 0) is 20.8 Å². The molecule has 0 radical (unpaired) electrons. The Morgan fingerprint density at radius 3 is 2.14 bits per heavy atom. The van der Waals surface area contributed by atoms with Gasteiger partial charge in [0, 0.05) is 6.42 Å². The van der Waals surface area contributed by atoms with Gasteiger partial charge in [0.2, 0.25) is 6.43 Å². The third kappa shape index (κ3) is 8.63. The van der Waals surface area contributed by atoms with E-state index < -0.39 is 55.8 Å². The van der Waals surface area contributed by atoms with Crippen molar-refractivity contribution in [1.29, 1.82) is 0 Å². The number of halogens is 4. The Bertz CT molecular complexity index is 414. The van der Waals surface area contributed by atoms with E-state index in [2.05, 4.69) is 11.3 Å². The van der Waals surface area contributed by atoms with Gasteiger partial charge in [-0.1, -0.05) is 6.58 Å². The van der Waals surface area contributed by atoms with E-state index in [1.165, 1.54) is 0 Å². The lowest BCUT2D eigenvalue weighted by Gasteiger charge is -2.17. The molecule has 0 amide bonds. The first-order chi connectivity index (χ1) is 9.85. The zero-order valence-corrected chi connectivity index (χ0v) is 12.8. The Labute approximate surface area is 126 Å². The molecule has 4 nitrogen and oxygen atoms in total. The lowest BCUT2D eigenvalue weighted by molar-refractivity contribution is -0.153. The van der Waals surface area contributed by atoms with Gasteiger partial charge in [-0.25, -0.2) is 22.4 Å². The SMILES string of the molecule is C=C(COC(=O)C(C)(C)C)C(=O)OCCC(F)(F)CC(F)F. The number of hydrogen-bond donors (Lipinski definition) is 0. The minimum Gasteiger partial charge on any atom is -0.462 e. The number of rotatable bonds is 8. The van der Waals surface area contributed by atoms with Crippen LogP contribution in [0.3, 0.4) is 0 Å². The number of carbonyl (C=O) groups excluding carboxylic acids is 2. The molecule has 0 bridgehead atoms. The number of esters is 2. The molecule has 0 fully saturated rings. The van der Waals surface area contributed by atoms with Crippen LogP contribution in [-0.2, 0) is 19.1 Å². The summed E-state index contributed by atoms with van der Waals surface area (Å²) in [5, 5.41) is 0. The van der Waals surface area contributed by atoms with Crippen molar-refractivity contribution in [2.45, 2.75) is 46.0 Å². The van der Waals surface area contributed by atoms with Crippen LogP contribution < -0.4 is 0 Å². The highest BCUT2D eigenvalue weighted by atomic mass is 19.3. The Morgan fingerprint density at radius 2 is 1.68 bits per heavy atom. The minimum absolute atomic E-state index is 0.227. The first-order valence-electron chi connectivity index (χ1n) is 6.53. The summed E-state index contributed by atoms with van der Waals surface area (Å²) in [6.45, 7) is 6.99. The zero-order chi connectivity index (χ0) is 17.6. The van der Waals surface area contributed by atoms with Gasteiger partial charge in [-0.2, -0.15) is 0 Å². The Balaban J connectivity index is 4.12. The normalized spacial score (nSPS) is 12.2. The second-order valence-electron chi connectivity index (χ2n) is 5.77. The largest absolute Gasteiger partial charge is 0.462 e. The summed E-state index contributed by atoms with van der Waals surface area (Å²) in [6.07, 6.45) is -5.75. The maximum atomic E-state index is 12.9. The van der Waals surface area contributed by atoms with Crippen molar-refractivity contribution >= 4 is 11.9 Å². The van der Waals surface area contributed by atoms with E-state index in [1.807, 2.05) is 0 Å². The van der Waals surface area contributed by atoms with Crippen molar-refractivity contribution in [3.05, 3.63) is 12.2 Å². The van der Waals surface area contributed by atoms with E-state index in [-0.39, 0.29) is 5.57 Å². The first kappa shape index (κ1) is 20.4. The Kier molecular flexibility index (Phi) is 7.55. The average Bonchev–Trinajstić information content (AvgIpc) is 2.31. The molecule has 0 aliphatic rings. The molecule has 0 aliphatic heterocycles. The van der Waals surface area contributed by atoms with Crippen LogP contribution in [0.5, 0.6) is 0 Å². The second kappa shape index (κ2) is 8.14. The van der Waals surface area contributed by atoms with Crippen molar-refractivity contribution in [3.8, 4) is 0 Å². The molecule has 0 N–H and O–H groups in total. The van der Waals surface area contributed by atoms with Crippen LogP contribution >= 0.6 is 0 Å². The molecule has 0 heterocycles. The van der Waals surface area contributed by atoms with Crippen molar-refractivity contribution < 1.29 is 36.6 Å². The van der Waals surface area contributed by atoms with Gasteiger partial charge >= 0.3 is 11.9 Å². The molecule has 0 saturated heterocycles. The minimum atomic E-state index is -3.62. The molecule has 0 saturated carbocycles. The predicted molar refractivity (Wildman–Crippen MR) is 70.7 cm³/mol. The highest BCUT2D eigenvalue weighted by Gasteiger charge is 2.33. The van der Waals surface area contributed by atoms with Crippen LogP contribution in [0.25, 0.3) is 0 Å². The summed E-state index contributed by atoms with van der Waals surface area (Å²) < 4.78 is 58.9. The molecule has 0 spiro atoms. The molecule has 0 aliphatic carbocycles. The van der Waals surface area contributed by atoms with Crippen molar-refractivity contribution in [3.63, 3.8) is 0 Å². The van der Waals surface area contributed by atoms with E-state index in [1.54, 1.807) is 20.8 Å². The summed E-state index contributed by atoms with van der Waals surface area (Å²) in [5.74, 6) is -5.20. The highest BCUT2D eigenvalue weighted by Crippen LogP contribution is 2.26. The topological polar surface area (TPSA) is 52.6 Å². The number of ether oxygens (including phenoxy) is 2. The van der Waals surface area contributed by atoms with E-state index in [0.717, 1.165) is 0 Å². The first-order valence-corrected chi connectivity index (χ1v) is 6.53. The number of hydrogen-bond acceptors (Lipinski definition) is 4. The van der Waals surface area contributed by atoms with Crippen LogP contribution in [0.2, 0.25) is 0 Å². The Hall–Kier alpha value is -1.60. The van der Waals surface area contributed by atoms with Gasteiger partial charge in [-0.15, -0.1) is 0 Å². The van der Waals surface area contributed by atoms with Crippen molar-refractivity contribution in [2.75, 3.05) is 13.2 Å². The third-order valence-corrected chi connectivity index (χ3v) is 2.43. The van der Waals surface area contributed by atoms with Gasteiger partial charge in [0.1, 0.15) is 6.61 Å². The maximum Gasteiger partial charge on any atom is 0.336 e. The summed E-state index contributed by atoms with van der Waals surface area (Å²) >= 11 is 0. The van der Waals surface area contributed by atoms with Gasteiger partial charge in [0.25, 0.3) is 5.92 Å². The average molecular weight is 328 g/mol. The number of carbonyl (C=O) groups is 2. The smallest absolute Gasteiger partial charge is 0.336 e. The molecule has 8 heteroatoms. The summed E-state index contributed by atoms with van der Waals surface area (Å²) in [4.78, 5) is 22.9. The standard InChI is InChI=1S/C14H20F4O4/c1-9(8-22-12(20)13(2,3)4)11(19)21-6-5-14(17,18)7-10(15)16/h10H,1,5-8H2,2-4H3. The van der Waals surface area contributed by atoms with Gasteiger partial charge in [-0.3, -0.25) is 4.79 Å². The Morgan fingerprint density at radius 1 is 1.14 bits per heavy atom. The van der Waals surface area contributed by atoms with E-state index in [0.29, 0.717) is 0 Å². The van der Waals surface area contributed by atoms with Gasteiger partial charge in [0.05, 0.1) is 24.0 Å². The molecule has 0 aromatic carbocycles. The zero-order valence-electron chi connectivity index (χ0n) is 12.8. The van der Waals surface area contributed by atoms with Gasteiger partial charge in [0.15, 0.2) is 0 Å². The van der Waals surface area contributed by atoms with E-state index >= 15 is 0 Å². The van der Waals surface area contributed by atoms with Crippen LogP contribution in [0, 0.1) is 5.41 Å². The fraction of sp³-hybridized carbons (Fsp3) is 0.714. The summed E-state index contributed by atoms with van der Waals surface area (Å²) in [6, 6.07) is 0. The van der Waals surface area contributed by atoms with Crippen LogP contribution in [0.4, 0.5) is 17.6 Å². The van der Waals surface area contributed by atoms with Gasteiger partial charge < -0.3 is 9.47 Å². The van der Waals surface area contributed by atoms with E-state index in [9.17, 15) is 27.2 Å². The number of alkyl halides is 4. The maximum absolute atomic E-state index is 12.9. The second-order valence-corrected chi connectivity index (χ2v) is 5.77. The van der Waals surface area contributed by atoms with Crippen LogP contribution in [-0.4, -0.2) is 37.5 Å². The molecule has 0 rings (SSSR count). The molecule has 0 unspecified atom stereocenters. The predicted octanol–water partition coefficient (Wildman–Crippen LogP) is 3.36. The van der Waals surface area contributed by atoms with E-state index in [4.69, 9.17) is 4.74 Å². The van der Waals surface area contributed by atoms with Crippen LogP contribution in [0.1, 0.15) is 33.6 Å². The quantitative estimate of drug-likeness (QED) is 0.389. The van der Waals surface area contributed by atoms with Crippen molar-refractivity contribution in [1.82, 2.24) is 0 Å². The summed E-state index contributed by atoms with van der Waals surface area (Å²) in [7, 11) is 0. The fourth-order valence-corrected chi connectivity index (χ4v) is 1.15. The molecular formula is C14H20F4O4. The molecule has 0 atom stereocenters. The molecule has 0 aromatic heterocycles. The van der Waals surface area contributed by atoms with Crippen LogP contribution in [0.15, 0.2) is 12.2 Å². The fourth-order valence-electron chi connectivity index (χ4n) is 1.15. The highest BCUT2D eigenvalue weighted by molar-refractivity contribution is 5.88. The molecular weight excluding hydrogens is 308 g/mol.